The van der Waals surface area contributed by atoms with E-state index in [9.17, 15) is 4.79 Å². The van der Waals surface area contributed by atoms with E-state index >= 15 is 0 Å². The molecule has 0 N–H and O–H groups in total. The largest absolute Gasteiger partial charge is 0.431 e. The van der Waals surface area contributed by atoms with Crippen LogP contribution >= 0.6 is 0 Å². The average Bonchev–Trinajstić information content (AvgIpc) is 2.34. The maximum Gasteiger partial charge on any atom is 0.307 e. The van der Waals surface area contributed by atoms with Gasteiger partial charge in [-0.15, -0.1) is 0 Å². The summed E-state index contributed by atoms with van der Waals surface area (Å²) >= 11 is 0. The molecule has 2 unspecified atom stereocenters. The van der Waals surface area contributed by atoms with Gasteiger partial charge in [0.15, 0.2) is 0 Å². The Labute approximate surface area is 117 Å². The second-order valence-corrected chi connectivity index (χ2v) is 6.15. The first-order valence-electron chi connectivity index (χ1n) is 7.44. The summed E-state index contributed by atoms with van der Waals surface area (Å²) in [4.78, 5) is 11.1. The van der Waals surface area contributed by atoms with Crippen molar-refractivity contribution in [3.8, 4) is 0 Å². The molecule has 0 aromatic heterocycles. The fraction of sp³-hybridized carbons (Fsp3) is 0.706. The van der Waals surface area contributed by atoms with Gasteiger partial charge in [-0.05, 0) is 50.5 Å². The van der Waals surface area contributed by atoms with Gasteiger partial charge in [-0.1, -0.05) is 32.4 Å². The second-order valence-electron chi connectivity index (χ2n) is 6.15. The van der Waals surface area contributed by atoms with E-state index in [2.05, 4.69) is 39.8 Å². The van der Waals surface area contributed by atoms with E-state index in [0.717, 1.165) is 18.1 Å². The lowest BCUT2D eigenvalue weighted by Crippen LogP contribution is -2.14. The van der Waals surface area contributed by atoms with Gasteiger partial charge >= 0.3 is 5.97 Å². The monoisotopic (exact) mass is 264 g/mol. The van der Waals surface area contributed by atoms with Crippen LogP contribution in [0.3, 0.4) is 0 Å². The summed E-state index contributed by atoms with van der Waals surface area (Å²) in [6.07, 6.45) is 9.22. The highest BCUT2D eigenvalue weighted by molar-refractivity contribution is 5.67. The molecule has 2 atom stereocenters. The lowest BCUT2D eigenvalue weighted by atomic mass is 9.80. The van der Waals surface area contributed by atoms with Gasteiger partial charge in [0.25, 0.3) is 0 Å². The molecule has 2 nitrogen and oxygen atoms in total. The smallest absolute Gasteiger partial charge is 0.307 e. The summed E-state index contributed by atoms with van der Waals surface area (Å²) in [7, 11) is 0. The van der Waals surface area contributed by atoms with Crippen LogP contribution in [-0.4, -0.2) is 5.97 Å². The summed E-state index contributed by atoms with van der Waals surface area (Å²) in [5, 5.41) is 0. The van der Waals surface area contributed by atoms with Gasteiger partial charge in [-0.25, -0.2) is 0 Å². The number of carbonyl (C=O) groups is 1. The topological polar surface area (TPSA) is 26.3 Å². The van der Waals surface area contributed by atoms with Crippen LogP contribution in [0.4, 0.5) is 0 Å². The van der Waals surface area contributed by atoms with E-state index in [1.165, 1.54) is 31.8 Å². The summed E-state index contributed by atoms with van der Waals surface area (Å²) < 4.78 is 5.28. The molecule has 0 aromatic carbocycles. The fourth-order valence-electron chi connectivity index (χ4n) is 2.56. The molecule has 19 heavy (non-hydrogen) atoms. The lowest BCUT2D eigenvalue weighted by molar-refractivity contribution is -0.137. The first-order chi connectivity index (χ1) is 8.90. The van der Waals surface area contributed by atoms with Crippen molar-refractivity contribution in [1.29, 1.82) is 0 Å². The Hall–Kier alpha value is -1.05. The number of allylic oxidation sites excluding steroid dienone is 4. The first kappa shape index (κ1) is 16.0. The molecule has 1 aliphatic rings. The van der Waals surface area contributed by atoms with Crippen LogP contribution in [-0.2, 0) is 9.53 Å². The van der Waals surface area contributed by atoms with Gasteiger partial charge in [0.2, 0.25) is 0 Å². The molecule has 0 bridgehead atoms. The highest BCUT2D eigenvalue weighted by Crippen LogP contribution is 2.31. The Morgan fingerprint density at radius 3 is 2.63 bits per heavy atom. The maximum absolute atomic E-state index is 11.1. The molecule has 1 aliphatic carbocycles. The Bertz CT molecular complexity index is 363. The van der Waals surface area contributed by atoms with E-state index in [-0.39, 0.29) is 11.9 Å². The van der Waals surface area contributed by atoms with Crippen LogP contribution in [0.1, 0.15) is 60.3 Å². The third-order valence-corrected chi connectivity index (χ3v) is 4.00. The van der Waals surface area contributed by atoms with Crippen molar-refractivity contribution in [2.24, 2.45) is 17.8 Å². The molecule has 2 heteroatoms. The fourth-order valence-corrected chi connectivity index (χ4v) is 2.56. The van der Waals surface area contributed by atoms with Crippen LogP contribution < -0.4 is 0 Å². The summed E-state index contributed by atoms with van der Waals surface area (Å²) in [5.74, 6) is 2.29. The molecular formula is C17H28O2. The van der Waals surface area contributed by atoms with Gasteiger partial charge in [0.1, 0.15) is 5.76 Å². The van der Waals surface area contributed by atoms with Crippen molar-refractivity contribution in [2.45, 2.75) is 60.3 Å². The molecule has 0 spiro atoms. The highest BCUT2D eigenvalue weighted by Gasteiger charge is 2.19. The standard InChI is InChI=1S/C17H28O2/c1-12(2)17(19-15(5)18)11-8-14(4)16-9-6-13(3)7-10-16/h6,11-12,14,16H,7-10H2,1-5H3/b17-11-. The van der Waals surface area contributed by atoms with Crippen molar-refractivity contribution < 1.29 is 9.53 Å². The predicted molar refractivity (Wildman–Crippen MR) is 79.6 cm³/mol. The van der Waals surface area contributed by atoms with Crippen molar-refractivity contribution >= 4 is 5.97 Å². The maximum atomic E-state index is 11.1. The Kier molecular flexibility index (Phi) is 6.33. The van der Waals surface area contributed by atoms with Gasteiger partial charge in [-0.2, -0.15) is 0 Å². The number of hydrogen-bond donors (Lipinski definition) is 0. The Balaban J connectivity index is 2.55. The lowest BCUT2D eigenvalue weighted by Gasteiger charge is -2.26. The van der Waals surface area contributed by atoms with E-state index < -0.39 is 0 Å². The number of carbonyl (C=O) groups excluding carboxylic acids is 1. The molecular weight excluding hydrogens is 236 g/mol. The zero-order chi connectivity index (χ0) is 14.4. The molecule has 0 aromatic rings. The Morgan fingerprint density at radius 1 is 1.47 bits per heavy atom. The molecule has 0 fully saturated rings. The third kappa shape index (κ3) is 5.63. The van der Waals surface area contributed by atoms with Gasteiger partial charge < -0.3 is 4.74 Å². The zero-order valence-electron chi connectivity index (χ0n) is 13.0. The number of esters is 1. The highest BCUT2D eigenvalue weighted by atomic mass is 16.5. The molecule has 1 rings (SSSR count). The number of hydrogen-bond acceptors (Lipinski definition) is 2. The SMILES string of the molecule is CC(=O)O/C(=C\CC(C)C1CC=C(C)CC1)C(C)C. The van der Waals surface area contributed by atoms with E-state index in [4.69, 9.17) is 4.74 Å². The van der Waals surface area contributed by atoms with Crippen molar-refractivity contribution in [2.75, 3.05) is 0 Å². The molecule has 0 radical (unpaired) electrons. The number of ether oxygens (including phenoxy) is 1. The average molecular weight is 264 g/mol. The van der Waals surface area contributed by atoms with Gasteiger partial charge in [-0.3, -0.25) is 4.79 Å². The van der Waals surface area contributed by atoms with Crippen LogP contribution in [0.15, 0.2) is 23.5 Å². The molecule has 0 saturated carbocycles. The summed E-state index contributed by atoms with van der Waals surface area (Å²) in [5.41, 5.74) is 1.53. The van der Waals surface area contributed by atoms with Gasteiger partial charge in [0, 0.05) is 12.8 Å². The zero-order valence-corrected chi connectivity index (χ0v) is 13.0. The minimum Gasteiger partial charge on any atom is -0.431 e. The molecule has 0 heterocycles. The normalized spacial score (nSPS) is 22.1. The predicted octanol–water partition coefficient (Wildman–Crippen LogP) is 4.86. The summed E-state index contributed by atoms with van der Waals surface area (Å²) in [6, 6.07) is 0. The van der Waals surface area contributed by atoms with Crippen molar-refractivity contribution in [1.82, 2.24) is 0 Å². The quantitative estimate of drug-likeness (QED) is 0.402. The minimum absolute atomic E-state index is 0.219. The third-order valence-electron chi connectivity index (χ3n) is 4.00. The Morgan fingerprint density at radius 2 is 2.16 bits per heavy atom. The minimum atomic E-state index is -0.219. The van der Waals surface area contributed by atoms with Crippen molar-refractivity contribution in [3.05, 3.63) is 23.5 Å². The van der Waals surface area contributed by atoms with E-state index in [0.29, 0.717) is 5.92 Å². The summed E-state index contributed by atoms with van der Waals surface area (Å²) in [6.45, 7) is 10.1. The van der Waals surface area contributed by atoms with Crippen LogP contribution in [0.2, 0.25) is 0 Å². The molecule has 108 valence electrons. The number of rotatable bonds is 5. The molecule has 0 aliphatic heterocycles. The van der Waals surface area contributed by atoms with Crippen LogP contribution in [0, 0.1) is 17.8 Å². The van der Waals surface area contributed by atoms with E-state index in [1.54, 1.807) is 0 Å². The molecule has 0 amide bonds. The van der Waals surface area contributed by atoms with Crippen molar-refractivity contribution in [3.63, 3.8) is 0 Å². The second kappa shape index (κ2) is 7.52. The van der Waals surface area contributed by atoms with Gasteiger partial charge in [0.05, 0.1) is 0 Å². The van der Waals surface area contributed by atoms with E-state index in [1.807, 2.05) is 0 Å². The van der Waals surface area contributed by atoms with Crippen LogP contribution in [0.5, 0.6) is 0 Å². The first-order valence-corrected chi connectivity index (χ1v) is 7.44. The van der Waals surface area contributed by atoms with Crippen LogP contribution in [0.25, 0.3) is 0 Å². The molecule has 0 saturated heterocycles.